The summed E-state index contributed by atoms with van der Waals surface area (Å²) in [6.07, 6.45) is 0. The summed E-state index contributed by atoms with van der Waals surface area (Å²) in [6.45, 7) is 0. The zero-order valence-corrected chi connectivity index (χ0v) is 11.3. The Hall–Kier alpha value is -2.66. The molecule has 0 spiro atoms. The highest BCUT2D eigenvalue weighted by Crippen LogP contribution is 2.31. The number of ketones is 2. The summed E-state index contributed by atoms with van der Waals surface area (Å²) in [4.78, 5) is 28.3. The maximum absolute atomic E-state index is 12.3. The van der Waals surface area contributed by atoms with Crippen molar-refractivity contribution in [2.75, 3.05) is 0 Å². The number of hydrogen-bond donors (Lipinski definition) is 1. The third kappa shape index (κ3) is 1.43. The number of carbonyl (C=O) groups is 2. The number of pyridine rings is 1. The third-order valence-electron chi connectivity index (χ3n) is 3.55. The molecule has 3 aromatic rings. The Kier molecular flexibility index (Phi) is 2.26. The van der Waals surface area contributed by atoms with E-state index in [9.17, 15) is 14.7 Å². The van der Waals surface area contributed by atoms with Crippen LogP contribution in [0.1, 0.15) is 16.2 Å². The molecule has 102 valence electrons. The van der Waals surface area contributed by atoms with Crippen molar-refractivity contribution < 1.29 is 14.7 Å². The van der Waals surface area contributed by atoms with Crippen molar-refractivity contribution in [1.29, 1.82) is 0 Å². The summed E-state index contributed by atoms with van der Waals surface area (Å²) >= 11 is 5.70. The van der Waals surface area contributed by atoms with E-state index in [4.69, 9.17) is 11.6 Å². The number of fused-ring (bicyclic) bond motifs is 5. The number of imidazole rings is 1. The number of aliphatic hydroxyl groups excluding tert-OH is 1. The van der Waals surface area contributed by atoms with E-state index in [-0.39, 0.29) is 11.4 Å². The Labute approximate surface area is 123 Å². The fourth-order valence-electron chi connectivity index (χ4n) is 2.58. The van der Waals surface area contributed by atoms with Crippen LogP contribution >= 0.6 is 11.6 Å². The van der Waals surface area contributed by atoms with Gasteiger partial charge in [0.2, 0.25) is 5.78 Å². The fourth-order valence-corrected chi connectivity index (χ4v) is 2.76. The molecule has 1 N–H and O–H groups in total. The molecule has 0 saturated carbocycles. The van der Waals surface area contributed by atoms with Gasteiger partial charge in [-0.3, -0.25) is 14.0 Å². The van der Waals surface area contributed by atoms with E-state index in [1.165, 1.54) is 0 Å². The van der Waals surface area contributed by atoms with Gasteiger partial charge in [0.1, 0.15) is 22.1 Å². The van der Waals surface area contributed by atoms with Gasteiger partial charge in [0.05, 0.1) is 5.52 Å². The number of halogens is 1. The van der Waals surface area contributed by atoms with Crippen molar-refractivity contribution >= 4 is 45.5 Å². The lowest BCUT2D eigenvalue weighted by Crippen LogP contribution is -2.23. The smallest absolute Gasteiger partial charge is 0.253 e. The summed E-state index contributed by atoms with van der Waals surface area (Å²) in [7, 11) is 0. The minimum atomic E-state index is -0.920. The van der Waals surface area contributed by atoms with Crippen molar-refractivity contribution in [3.8, 4) is 0 Å². The SMILES string of the molecule is O=C1C(=O)c2c(nc3ccc4ccccc4n23)C(O)=C1Cl. The van der Waals surface area contributed by atoms with E-state index in [1.54, 1.807) is 10.5 Å². The quantitative estimate of drug-likeness (QED) is 0.648. The topological polar surface area (TPSA) is 71.7 Å². The molecule has 5 nitrogen and oxygen atoms in total. The lowest BCUT2D eigenvalue weighted by molar-refractivity contribution is -0.111. The summed E-state index contributed by atoms with van der Waals surface area (Å²) < 4.78 is 1.57. The van der Waals surface area contributed by atoms with Crippen LogP contribution in [0.2, 0.25) is 0 Å². The van der Waals surface area contributed by atoms with Crippen LogP contribution in [0.3, 0.4) is 0 Å². The van der Waals surface area contributed by atoms with Gasteiger partial charge in [-0.25, -0.2) is 4.98 Å². The van der Waals surface area contributed by atoms with E-state index >= 15 is 0 Å². The van der Waals surface area contributed by atoms with Gasteiger partial charge in [-0.15, -0.1) is 0 Å². The van der Waals surface area contributed by atoms with E-state index in [0.717, 1.165) is 10.9 Å². The molecule has 6 heteroatoms. The van der Waals surface area contributed by atoms with Crippen LogP contribution in [0.4, 0.5) is 0 Å². The van der Waals surface area contributed by atoms with Gasteiger partial charge >= 0.3 is 0 Å². The van der Waals surface area contributed by atoms with Crippen LogP contribution in [-0.2, 0) is 4.79 Å². The van der Waals surface area contributed by atoms with Crippen LogP contribution in [0.25, 0.3) is 22.3 Å². The first-order valence-corrected chi connectivity index (χ1v) is 6.55. The Morgan fingerprint density at radius 1 is 1.05 bits per heavy atom. The second kappa shape index (κ2) is 3.93. The second-order valence-electron chi connectivity index (χ2n) is 4.72. The highest BCUT2D eigenvalue weighted by Gasteiger charge is 2.36. The maximum Gasteiger partial charge on any atom is 0.253 e. The summed E-state index contributed by atoms with van der Waals surface area (Å²) in [5.74, 6) is -2.14. The Morgan fingerprint density at radius 3 is 2.62 bits per heavy atom. The fraction of sp³-hybridized carbons (Fsp3) is 0. The number of benzene rings is 1. The number of aromatic nitrogens is 2. The molecule has 1 aliphatic carbocycles. The lowest BCUT2D eigenvalue weighted by atomic mass is 10.0. The summed E-state index contributed by atoms with van der Waals surface area (Å²) in [5.41, 5.74) is 1.29. The van der Waals surface area contributed by atoms with Gasteiger partial charge in [0.25, 0.3) is 5.78 Å². The Bertz CT molecular complexity index is 1000. The van der Waals surface area contributed by atoms with E-state index in [0.29, 0.717) is 5.65 Å². The average Bonchev–Trinajstić information content (AvgIpc) is 2.91. The van der Waals surface area contributed by atoms with Crippen molar-refractivity contribution in [3.63, 3.8) is 0 Å². The first kappa shape index (κ1) is 12.1. The van der Waals surface area contributed by atoms with Crippen molar-refractivity contribution in [1.82, 2.24) is 9.38 Å². The molecule has 0 unspecified atom stereocenters. The number of hydrogen-bond acceptors (Lipinski definition) is 4. The molecule has 0 fully saturated rings. The molecule has 4 rings (SSSR count). The predicted octanol–water partition coefficient (Wildman–Crippen LogP) is 2.72. The number of nitrogens with zero attached hydrogens (tertiary/aromatic N) is 2. The van der Waals surface area contributed by atoms with Crippen LogP contribution in [-0.4, -0.2) is 26.1 Å². The third-order valence-corrected chi connectivity index (χ3v) is 3.90. The highest BCUT2D eigenvalue weighted by atomic mass is 35.5. The number of rotatable bonds is 0. The molecule has 2 heterocycles. The molecule has 0 aliphatic heterocycles. The van der Waals surface area contributed by atoms with E-state index in [2.05, 4.69) is 4.98 Å². The molecule has 0 bridgehead atoms. The number of para-hydroxylation sites is 1. The van der Waals surface area contributed by atoms with Crippen LogP contribution in [0.15, 0.2) is 41.4 Å². The molecule has 0 radical (unpaired) electrons. The normalized spacial score (nSPS) is 15.1. The minimum absolute atomic E-state index is 0.0425. The van der Waals surface area contributed by atoms with Gasteiger partial charge in [0, 0.05) is 0 Å². The Balaban J connectivity index is 2.26. The van der Waals surface area contributed by atoms with E-state index in [1.807, 2.05) is 30.3 Å². The maximum atomic E-state index is 12.3. The molecule has 1 aliphatic rings. The summed E-state index contributed by atoms with van der Waals surface area (Å²) in [6, 6.07) is 11.0. The van der Waals surface area contributed by atoms with Crippen LogP contribution in [0.5, 0.6) is 0 Å². The van der Waals surface area contributed by atoms with Crippen LogP contribution < -0.4 is 0 Å². The predicted molar refractivity (Wildman–Crippen MR) is 77.4 cm³/mol. The van der Waals surface area contributed by atoms with Gasteiger partial charge in [-0.05, 0) is 23.6 Å². The average molecular weight is 299 g/mol. The van der Waals surface area contributed by atoms with Gasteiger partial charge in [-0.1, -0.05) is 29.8 Å². The first-order valence-electron chi connectivity index (χ1n) is 6.18. The monoisotopic (exact) mass is 298 g/mol. The molecular formula is C15H7ClN2O3. The van der Waals surface area contributed by atoms with Crippen molar-refractivity contribution in [3.05, 3.63) is 52.8 Å². The highest BCUT2D eigenvalue weighted by molar-refractivity contribution is 6.63. The van der Waals surface area contributed by atoms with E-state index < -0.39 is 22.4 Å². The standard InChI is InChI=1S/C15H7ClN2O3/c16-10-13(19)11-12(15(21)14(10)20)18-8-4-2-1-3-7(8)5-6-9(18)17-11/h1-6,19H. The number of carbonyl (C=O) groups excluding carboxylic acids is 2. The molecule has 0 atom stereocenters. The number of Topliss-reactive ketones (excluding diaryl/α,β-unsaturated/α-hetero) is 2. The van der Waals surface area contributed by atoms with Gasteiger partial charge in [0.15, 0.2) is 5.76 Å². The van der Waals surface area contributed by atoms with Crippen LogP contribution in [0, 0.1) is 0 Å². The summed E-state index contributed by atoms with van der Waals surface area (Å²) in [5, 5.41) is 10.4. The molecule has 1 aromatic carbocycles. The minimum Gasteiger partial charge on any atom is -0.504 e. The molecule has 2 aromatic heterocycles. The Morgan fingerprint density at radius 2 is 1.81 bits per heavy atom. The molecule has 0 amide bonds. The number of aliphatic hydroxyl groups is 1. The zero-order chi connectivity index (χ0) is 14.7. The number of allylic oxidation sites excluding steroid dienone is 1. The molecule has 21 heavy (non-hydrogen) atoms. The van der Waals surface area contributed by atoms with Gasteiger partial charge in [-0.2, -0.15) is 0 Å². The molecular weight excluding hydrogens is 292 g/mol. The molecule has 0 saturated heterocycles. The van der Waals surface area contributed by atoms with Crippen molar-refractivity contribution in [2.45, 2.75) is 0 Å². The lowest BCUT2D eigenvalue weighted by Gasteiger charge is -2.10. The second-order valence-corrected chi connectivity index (χ2v) is 5.09. The van der Waals surface area contributed by atoms with Crippen molar-refractivity contribution in [2.24, 2.45) is 0 Å². The van der Waals surface area contributed by atoms with Gasteiger partial charge < -0.3 is 5.11 Å². The largest absolute Gasteiger partial charge is 0.504 e. The first-order chi connectivity index (χ1) is 10.1. The zero-order valence-electron chi connectivity index (χ0n) is 10.5.